The van der Waals surface area contributed by atoms with Crippen molar-refractivity contribution in [3.63, 3.8) is 0 Å². The lowest BCUT2D eigenvalue weighted by atomic mass is 10.3. The van der Waals surface area contributed by atoms with Crippen LogP contribution in [0.2, 0.25) is 0 Å². The number of nitrogens with zero attached hydrogens (tertiary/aromatic N) is 2. The Balaban J connectivity index is 2.00. The molecule has 0 aromatic carbocycles. The molecule has 1 aromatic heterocycles. The van der Waals surface area contributed by atoms with Crippen LogP contribution in [0.1, 0.15) is 6.92 Å². The van der Waals surface area contributed by atoms with Crippen molar-refractivity contribution in [1.82, 2.24) is 10.3 Å². The van der Waals surface area contributed by atoms with Crippen LogP contribution in [0.3, 0.4) is 0 Å². The standard InChI is InChI=1S/C13H20N4O3S/c1-10(21(2,19)20)13(18)16-12-4-3-11(9-15-12)17-7-5-14-6-8-17/h3-4,9-10,14H,5-8H2,1-2H3,(H,15,16,18). The van der Waals surface area contributed by atoms with Gasteiger partial charge in [0, 0.05) is 32.4 Å². The lowest BCUT2D eigenvalue weighted by Crippen LogP contribution is -2.43. The molecule has 1 fully saturated rings. The van der Waals surface area contributed by atoms with Crippen LogP contribution in [0.15, 0.2) is 18.3 Å². The van der Waals surface area contributed by atoms with E-state index >= 15 is 0 Å². The topological polar surface area (TPSA) is 91.4 Å². The summed E-state index contributed by atoms with van der Waals surface area (Å²) in [6, 6.07) is 3.56. The summed E-state index contributed by atoms with van der Waals surface area (Å²) in [4.78, 5) is 18.2. The number of aromatic nitrogens is 1. The molecule has 8 heteroatoms. The third-order valence-corrected chi connectivity index (χ3v) is 4.99. The third-order valence-electron chi connectivity index (χ3n) is 3.49. The first-order chi connectivity index (χ1) is 9.88. The predicted octanol–water partition coefficient (Wildman–Crippen LogP) is -0.137. The van der Waals surface area contributed by atoms with Gasteiger partial charge in [-0.3, -0.25) is 4.79 Å². The molecule has 1 unspecified atom stereocenters. The van der Waals surface area contributed by atoms with Crippen molar-refractivity contribution in [1.29, 1.82) is 0 Å². The van der Waals surface area contributed by atoms with Crippen LogP contribution in [0.5, 0.6) is 0 Å². The van der Waals surface area contributed by atoms with E-state index in [1.165, 1.54) is 6.92 Å². The summed E-state index contributed by atoms with van der Waals surface area (Å²) in [5.74, 6) is -0.214. The average Bonchev–Trinajstić information content (AvgIpc) is 2.47. The molecule has 0 aliphatic carbocycles. The minimum atomic E-state index is -3.40. The zero-order valence-electron chi connectivity index (χ0n) is 12.2. The highest BCUT2D eigenvalue weighted by molar-refractivity contribution is 7.92. The number of sulfone groups is 1. The summed E-state index contributed by atoms with van der Waals surface area (Å²) in [6.07, 6.45) is 2.73. The molecule has 1 saturated heterocycles. The SMILES string of the molecule is CC(C(=O)Nc1ccc(N2CCNCC2)cn1)S(C)(=O)=O. The number of amides is 1. The summed E-state index contributed by atoms with van der Waals surface area (Å²) >= 11 is 0. The highest BCUT2D eigenvalue weighted by atomic mass is 32.2. The summed E-state index contributed by atoms with van der Waals surface area (Å²) in [5.41, 5.74) is 0.991. The Kier molecular flexibility index (Phi) is 4.79. The van der Waals surface area contributed by atoms with Crippen molar-refractivity contribution >= 4 is 27.2 Å². The Labute approximate surface area is 124 Å². The molecule has 0 bridgehead atoms. The highest BCUT2D eigenvalue weighted by Crippen LogP contribution is 2.16. The largest absolute Gasteiger partial charge is 0.368 e. The summed E-state index contributed by atoms with van der Waals surface area (Å²) in [7, 11) is -3.40. The lowest BCUT2D eigenvalue weighted by molar-refractivity contribution is -0.115. The summed E-state index contributed by atoms with van der Waals surface area (Å²) < 4.78 is 22.7. The van der Waals surface area contributed by atoms with Gasteiger partial charge >= 0.3 is 0 Å². The van der Waals surface area contributed by atoms with E-state index in [1.54, 1.807) is 12.3 Å². The van der Waals surface area contributed by atoms with Crippen molar-refractivity contribution < 1.29 is 13.2 Å². The number of hydrogen-bond acceptors (Lipinski definition) is 6. The van der Waals surface area contributed by atoms with Gasteiger partial charge in [-0.05, 0) is 19.1 Å². The first kappa shape index (κ1) is 15.7. The third kappa shape index (κ3) is 4.15. The molecule has 2 rings (SSSR count). The van der Waals surface area contributed by atoms with Crippen molar-refractivity contribution in [3.8, 4) is 0 Å². The van der Waals surface area contributed by atoms with E-state index in [-0.39, 0.29) is 0 Å². The molecule has 1 atom stereocenters. The Morgan fingerprint density at radius 1 is 1.38 bits per heavy atom. The van der Waals surface area contributed by atoms with Crippen LogP contribution in [0, 0.1) is 0 Å². The van der Waals surface area contributed by atoms with Gasteiger partial charge in [-0.25, -0.2) is 13.4 Å². The van der Waals surface area contributed by atoms with Gasteiger partial charge < -0.3 is 15.5 Å². The quantitative estimate of drug-likeness (QED) is 0.804. The molecule has 21 heavy (non-hydrogen) atoms. The van der Waals surface area contributed by atoms with Gasteiger partial charge in [-0.1, -0.05) is 0 Å². The van der Waals surface area contributed by atoms with E-state index < -0.39 is 21.0 Å². The van der Waals surface area contributed by atoms with Crippen molar-refractivity contribution in [2.75, 3.05) is 42.7 Å². The van der Waals surface area contributed by atoms with Crippen LogP contribution in [-0.4, -0.2) is 57.0 Å². The van der Waals surface area contributed by atoms with E-state index in [2.05, 4.69) is 20.5 Å². The second kappa shape index (κ2) is 6.40. The first-order valence-corrected chi connectivity index (χ1v) is 8.75. The molecule has 1 amide bonds. The molecule has 2 N–H and O–H groups in total. The molecular formula is C13H20N4O3S. The zero-order chi connectivity index (χ0) is 15.5. The van der Waals surface area contributed by atoms with E-state index in [4.69, 9.17) is 0 Å². The van der Waals surface area contributed by atoms with Crippen LogP contribution in [-0.2, 0) is 14.6 Å². The summed E-state index contributed by atoms with van der Waals surface area (Å²) in [5, 5.41) is 4.70. The van der Waals surface area contributed by atoms with Gasteiger partial charge in [0.1, 0.15) is 11.1 Å². The number of pyridine rings is 1. The predicted molar refractivity (Wildman–Crippen MR) is 82.3 cm³/mol. The molecule has 1 aromatic rings. The number of carbonyl (C=O) groups is 1. The minimum Gasteiger partial charge on any atom is -0.368 e. The number of anilines is 2. The molecule has 1 aliphatic rings. The molecule has 1 aliphatic heterocycles. The maximum Gasteiger partial charge on any atom is 0.243 e. The Morgan fingerprint density at radius 3 is 2.57 bits per heavy atom. The van der Waals surface area contributed by atoms with Gasteiger partial charge in [0.15, 0.2) is 9.84 Å². The van der Waals surface area contributed by atoms with Gasteiger partial charge in [-0.2, -0.15) is 0 Å². The maximum atomic E-state index is 11.8. The van der Waals surface area contributed by atoms with E-state index in [1.807, 2.05) is 6.07 Å². The minimum absolute atomic E-state index is 0.356. The number of piperazine rings is 1. The van der Waals surface area contributed by atoms with Gasteiger partial charge in [0.25, 0.3) is 0 Å². The van der Waals surface area contributed by atoms with Gasteiger partial charge in [-0.15, -0.1) is 0 Å². The lowest BCUT2D eigenvalue weighted by Gasteiger charge is -2.29. The second-order valence-corrected chi connectivity index (χ2v) is 7.47. The number of hydrogen-bond donors (Lipinski definition) is 2. The number of carbonyl (C=O) groups excluding carboxylic acids is 1. The normalized spacial score (nSPS) is 17.3. The van der Waals surface area contributed by atoms with Crippen molar-refractivity contribution in [2.24, 2.45) is 0 Å². The maximum absolute atomic E-state index is 11.8. The van der Waals surface area contributed by atoms with Crippen molar-refractivity contribution in [3.05, 3.63) is 18.3 Å². The second-order valence-electron chi connectivity index (χ2n) is 5.10. The molecule has 116 valence electrons. The first-order valence-electron chi connectivity index (χ1n) is 6.79. The molecule has 2 heterocycles. The van der Waals surface area contributed by atoms with Gasteiger partial charge in [0.05, 0.1) is 11.9 Å². The van der Waals surface area contributed by atoms with Crippen LogP contribution in [0.25, 0.3) is 0 Å². The summed E-state index contributed by atoms with van der Waals surface area (Å²) in [6.45, 7) is 5.06. The molecular weight excluding hydrogens is 292 g/mol. The highest BCUT2D eigenvalue weighted by Gasteiger charge is 2.23. The fourth-order valence-electron chi connectivity index (χ4n) is 1.99. The molecule has 0 spiro atoms. The molecule has 0 saturated carbocycles. The van der Waals surface area contributed by atoms with Crippen molar-refractivity contribution in [2.45, 2.75) is 12.2 Å². The monoisotopic (exact) mass is 312 g/mol. The van der Waals surface area contributed by atoms with E-state index in [0.29, 0.717) is 5.82 Å². The smallest absolute Gasteiger partial charge is 0.243 e. The Hall–Kier alpha value is -1.67. The number of nitrogens with one attached hydrogen (secondary N) is 2. The van der Waals surface area contributed by atoms with E-state index in [9.17, 15) is 13.2 Å². The average molecular weight is 312 g/mol. The number of rotatable bonds is 4. The van der Waals surface area contributed by atoms with Crippen LogP contribution >= 0.6 is 0 Å². The van der Waals surface area contributed by atoms with Crippen LogP contribution in [0.4, 0.5) is 11.5 Å². The fourth-order valence-corrected chi connectivity index (χ4v) is 2.44. The zero-order valence-corrected chi connectivity index (χ0v) is 13.0. The Bertz CT molecular complexity index is 594. The molecule has 7 nitrogen and oxygen atoms in total. The fraction of sp³-hybridized carbons (Fsp3) is 0.538. The van der Waals surface area contributed by atoms with Crippen LogP contribution < -0.4 is 15.5 Å². The van der Waals surface area contributed by atoms with E-state index in [0.717, 1.165) is 38.1 Å². The van der Waals surface area contributed by atoms with Gasteiger partial charge in [0.2, 0.25) is 5.91 Å². The molecule has 0 radical (unpaired) electrons. The Morgan fingerprint density at radius 2 is 2.05 bits per heavy atom.